The van der Waals surface area contributed by atoms with Crippen LogP contribution in [0.1, 0.15) is 26.2 Å². The van der Waals surface area contributed by atoms with Crippen molar-refractivity contribution < 1.29 is 9.47 Å². The number of nitrogens with one attached hydrogen (secondary N) is 1. The Labute approximate surface area is 86.1 Å². The maximum Gasteiger partial charge on any atom is 0.0738 e. The number of hydrazine groups is 1. The molecule has 1 rings (SSSR count). The van der Waals surface area contributed by atoms with E-state index in [4.69, 9.17) is 15.3 Å². The fraction of sp³-hybridized carbons (Fsp3) is 1.00. The molecule has 0 amide bonds. The highest BCUT2D eigenvalue weighted by Gasteiger charge is 2.29. The van der Waals surface area contributed by atoms with Crippen LogP contribution >= 0.6 is 0 Å². The standard InChI is InChI=1S/C10H22N2O2/c1-3-9(13-2)10(12-11)8-5-4-6-14-7-8/h8-10,12H,3-7,11H2,1-2H3. The Bertz CT molecular complexity index is 145. The average molecular weight is 202 g/mol. The highest BCUT2D eigenvalue weighted by molar-refractivity contribution is 4.83. The average Bonchev–Trinajstić information content (AvgIpc) is 2.27. The Morgan fingerprint density at radius 1 is 1.64 bits per heavy atom. The molecule has 1 saturated heterocycles. The van der Waals surface area contributed by atoms with Crippen molar-refractivity contribution in [1.82, 2.24) is 5.43 Å². The number of hydrogen-bond acceptors (Lipinski definition) is 4. The smallest absolute Gasteiger partial charge is 0.0738 e. The van der Waals surface area contributed by atoms with Gasteiger partial charge in [-0.15, -0.1) is 0 Å². The van der Waals surface area contributed by atoms with Gasteiger partial charge in [-0.25, -0.2) is 0 Å². The lowest BCUT2D eigenvalue weighted by molar-refractivity contribution is -0.0105. The fourth-order valence-electron chi connectivity index (χ4n) is 2.16. The maximum absolute atomic E-state index is 5.57. The van der Waals surface area contributed by atoms with E-state index in [1.54, 1.807) is 7.11 Å². The number of methoxy groups -OCH3 is 1. The molecular formula is C10H22N2O2. The quantitative estimate of drug-likeness (QED) is 0.508. The highest BCUT2D eigenvalue weighted by atomic mass is 16.5. The summed E-state index contributed by atoms with van der Waals surface area (Å²) in [6, 6.07) is 0.213. The summed E-state index contributed by atoms with van der Waals surface area (Å²) in [6.45, 7) is 3.80. The second-order valence-electron chi connectivity index (χ2n) is 3.85. The molecule has 1 fully saturated rings. The summed E-state index contributed by atoms with van der Waals surface area (Å²) in [6.07, 6.45) is 3.46. The minimum absolute atomic E-state index is 0.187. The van der Waals surface area contributed by atoms with Crippen molar-refractivity contribution in [3.05, 3.63) is 0 Å². The maximum atomic E-state index is 5.57. The van der Waals surface area contributed by atoms with Crippen molar-refractivity contribution in [3.8, 4) is 0 Å². The Balaban J connectivity index is 2.49. The van der Waals surface area contributed by atoms with Crippen LogP contribution in [0.25, 0.3) is 0 Å². The monoisotopic (exact) mass is 202 g/mol. The van der Waals surface area contributed by atoms with Crippen LogP contribution in [0.3, 0.4) is 0 Å². The first-order valence-electron chi connectivity index (χ1n) is 5.40. The van der Waals surface area contributed by atoms with Crippen molar-refractivity contribution in [2.45, 2.75) is 38.3 Å². The predicted molar refractivity (Wildman–Crippen MR) is 55.7 cm³/mol. The third-order valence-corrected chi connectivity index (χ3v) is 3.00. The van der Waals surface area contributed by atoms with E-state index >= 15 is 0 Å². The Morgan fingerprint density at radius 3 is 2.86 bits per heavy atom. The van der Waals surface area contributed by atoms with Gasteiger partial charge >= 0.3 is 0 Å². The van der Waals surface area contributed by atoms with Crippen LogP contribution in [-0.2, 0) is 9.47 Å². The first-order chi connectivity index (χ1) is 6.83. The van der Waals surface area contributed by atoms with E-state index in [1.165, 1.54) is 6.42 Å². The van der Waals surface area contributed by atoms with Crippen LogP contribution in [0, 0.1) is 5.92 Å². The fourth-order valence-corrected chi connectivity index (χ4v) is 2.16. The summed E-state index contributed by atoms with van der Waals surface area (Å²) in [4.78, 5) is 0. The molecule has 0 aliphatic carbocycles. The summed E-state index contributed by atoms with van der Waals surface area (Å²) in [7, 11) is 1.74. The molecule has 4 heteroatoms. The Hall–Kier alpha value is -0.160. The van der Waals surface area contributed by atoms with Crippen LogP contribution in [0.2, 0.25) is 0 Å². The molecule has 0 aromatic heterocycles. The van der Waals surface area contributed by atoms with Gasteiger partial charge in [0, 0.05) is 19.6 Å². The van der Waals surface area contributed by atoms with E-state index in [1.807, 2.05) is 0 Å². The van der Waals surface area contributed by atoms with Gasteiger partial charge in [0.25, 0.3) is 0 Å². The predicted octanol–water partition coefficient (Wildman–Crippen LogP) is 0.670. The van der Waals surface area contributed by atoms with Crippen LogP contribution in [0.15, 0.2) is 0 Å². The van der Waals surface area contributed by atoms with Crippen LogP contribution < -0.4 is 11.3 Å². The lowest BCUT2D eigenvalue weighted by Gasteiger charge is -2.34. The Kier molecular flexibility index (Phi) is 5.40. The molecule has 1 aliphatic rings. The second kappa shape index (κ2) is 6.35. The SMILES string of the molecule is CCC(OC)C(NN)C1CCCOC1. The first kappa shape index (κ1) is 11.9. The number of ether oxygens (including phenoxy) is 2. The first-order valence-corrected chi connectivity index (χ1v) is 5.40. The van der Waals surface area contributed by atoms with E-state index in [9.17, 15) is 0 Å². The van der Waals surface area contributed by atoms with Gasteiger partial charge in [0.05, 0.1) is 18.8 Å². The van der Waals surface area contributed by atoms with E-state index in [-0.39, 0.29) is 12.1 Å². The van der Waals surface area contributed by atoms with Gasteiger partial charge in [-0.05, 0) is 19.3 Å². The normalized spacial score (nSPS) is 27.2. The van der Waals surface area contributed by atoms with Crippen molar-refractivity contribution in [1.29, 1.82) is 0 Å². The third-order valence-electron chi connectivity index (χ3n) is 3.00. The van der Waals surface area contributed by atoms with E-state index in [0.29, 0.717) is 5.92 Å². The molecule has 0 spiro atoms. The minimum Gasteiger partial charge on any atom is -0.381 e. The van der Waals surface area contributed by atoms with Crippen molar-refractivity contribution in [3.63, 3.8) is 0 Å². The van der Waals surface area contributed by atoms with Gasteiger partial charge in [-0.2, -0.15) is 0 Å². The van der Waals surface area contributed by atoms with Crippen LogP contribution in [0.4, 0.5) is 0 Å². The molecule has 3 atom stereocenters. The summed E-state index contributed by atoms with van der Waals surface area (Å²) >= 11 is 0. The molecule has 84 valence electrons. The molecular weight excluding hydrogens is 180 g/mol. The molecule has 0 aromatic carbocycles. The van der Waals surface area contributed by atoms with Crippen molar-refractivity contribution in [2.24, 2.45) is 11.8 Å². The van der Waals surface area contributed by atoms with Crippen LogP contribution in [0.5, 0.6) is 0 Å². The summed E-state index contributed by atoms with van der Waals surface area (Å²) in [5.41, 5.74) is 2.87. The lowest BCUT2D eigenvalue weighted by Crippen LogP contribution is -2.51. The molecule has 3 N–H and O–H groups in total. The summed E-state index contributed by atoms with van der Waals surface area (Å²) in [5, 5.41) is 0. The molecule has 0 bridgehead atoms. The molecule has 1 heterocycles. The van der Waals surface area contributed by atoms with E-state index in [0.717, 1.165) is 26.1 Å². The summed E-state index contributed by atoms with van der Waals surface area (Å²) < 4.78 is 10.9. The highest BCUT2D eigenvalue weighted by Crippen LogP contribution is 2.21. The number of hydrogen-bond donors (Lipinski definition) is 2. The molecule has 1 aliphatic heterocycles. The van der Waals surface area contributed by atoms with Crippen molar-refractivity contribution in [2.75, 3.05) is 20.3 Å². The largest absolute Gasteiger partial charge is 0.381 e. The van der Waals surface area contributed by atoms with Gasteiger partial charge < -0.3 is 9.47 Å². The van der Waals surface area contributed by atoms with Gasteiger partial charge in [-0.1, -0.05) is 6.92 Å². The zero-order chi connectivity index (χ0) is 10.4. The van der Waals surface area contributed by atoms with E-state index < -0.39 is 0 Å². The summed E-state index contributed by atoms with van der Waals surface area (Å²) in [5.74, 6) is 6.05. The zero-order valence-corrected chi connectivity index (χ0v) is 9.16. The minimum atomic E-state index is 0.187. The topological polar surface area (TPSA) is 56.5 Å². The molecule has 14 heavy (non-hydrogen) atoms. The Morgan fingerprint density at radius 2 is 2.43 bits per heavy atom. The lowest BCUT2D eigenvalue weighted by atomic mass is 9.89. The molecule has 3 unspecified atom stereocenters. The number of rotatable bonds is 5. The molecule has 0 aromatic rings. The third kappa shape index (κ3) is 2.92. The number of nitrogens with two attached hydrogens (primary N) is 1. The van der Waals surface area contributed by atoms with Crippen molar-refractivity contribution >= 4 is 0 Å². The van der Waals surface area contributed by atoms with Gasteiger partial charge in [0.2, 0.25) is 0 Å². The van der Waals surface area contributed by atoms with Gasteiger partial charge in [0.1, 0.15) is 0 Å². The molecule has 0 saturated carbocycles. The van der Waals surface area contributed by atoms with Crippen LogP contribution in [-0.4, -0.2) is 32.5 Å². The molecule has 4 nitrogen and oxygen atoms in total. The second-order valence-corrected chi connectivity index (χ2v) is 3.85. The molecule has 0 radical (unpaired) electrons. The van der Waals surface area contributed by atoms with E-state index in [2.05, 4.69) is 12.3 Å². The van der Waals surface area contributed by atoms with Gasteiger partial charge in [0.15, 0.2) is 0 Å². The van der Waals surface area contributed by atoms with Gasteiger partial charge in [-0.3, -0.25) is 11.3 Å². The zero-order valence-electron chi connectivity index (χ0n) is 9.16.